The molecule has 0 saturated carbocycles. The third kappa shape index (κ3) is 5.89. The number of carbonyl (C=O) groups is 1. The predicted molar refractivity (Wildman–Crippen MR) is 92.4 cm³/mol. The highest BCUT2D eigenvalue weighted by Gasteiger charge is 2.26. The molecule has 114 valence electrons. The summed E-state index contributed by atoms with van der Waals surface area (Å²) in [6, 6.07) is 0. The third-order valence-corrected chi connectivity index (χ3v) is 4.15. The molecule has 0 aromatic heterocycles. The molecule has 0 amide bonds. The van der Waals surface area contributed by atoms with Gasteiger partial charge >= 0.3 is 0 Å². The molecule has 21 heavy (non-hydrogen) atoms. The summed E-state index contributed by atoms with van der Waals surface area (Å²) in [4.78, 5) is 10.3. The number of hydrogen-bond acceptors (Lipinski definition) is 1. The Morgan fingerprint density at radius 2 is 1.95 bits per heavy atom. The van der Waals surface area contributed by atoms with E-state index in [1.165, 1.54) is 36.5 Å². The van der Waals surface area contributed by atoms with Crippen molar-refractivity contribution in [3.63, 3.8) is 0 Å². The van der Waals surface area contributed by atoms with Crippen LogP contribution in [-0.2, 0) is 4.79 Å². The van der Waals surface area contributed by atoms with Gasteiger partial charge in [-0.1, -0.05) is 49.2 Å². The summed E-state index contributed by atoms with van der Waals surface area (Å²) in [5.74, 6) is 0. The predicted octanol–water partition coefficient (Wildman–Crippen LogP) is 5.89. The maximum atomic E-state index is 10.3. The minimum Gasteiger partial charge on any atom is -0.299 e. The maximum Gasteiger partial charge on any atom is 0.143 e. The highest BCUT2D eigenvalue weighted by molar-refractivity contribution is 6.31. The molecular formula is C19H25ClO. The molecule has 0 N–H and O–H groups in total. The maximum absolute atomic E-state index is 10.3. The van der Waals surface area contributed by atoms with Gasteiger partial charge in [0.25, 0.3) is 0 Å². The fraction of sp³-hybridized carbons (Fsp3) is 0.421. The Balaban J connectivity index is 2.80. The Hall–Kier alpha value is -1.34. The molecule has 1 nitrogen and oxygen atoms in total. The minimum atomic E-state index is 0.231. The molecule has 1 aliphatic rings. The SMILES string of the molecule is CC1=C(/C=C/C(Cl)=C/C=C/C(C)=C/C=O)C(C)(C)CCC1. The van der Waals surface area contributed by atoms with Crippen LogP contribution in [-0.4, -0.2) is 6.29 Å². The largest absolute Gasteiger partial charge is 0.299 e. The Kier molecular flexibility index (Phi) is 6.91. The Morgan fingerprint density at radius 1 is 1.24 bits per heavy atom. The van der Waals surface area contributed by atoms with E-state index in [9.17, 15) is 4.79 Å². The van der Waals surface area contributed by atoms with Crippen molar-refractivity contribution in [2.24, 2.45) is 5.41 Å². The molecule has 0 bridgehead atoms. The fourth-order valence-electron chi connectivity index (χ4n) is 2.68. The van der Waals surface area contributed by atoms with Gasteiger partial charge in [-0.3, -0.25) is 4.79 Å². The Bertz CT molecular complexity index is 528. The van der Waals surface area contributed by atoms with Crippen LogP contribution in [0.1, 0.15) is 47.0 Å². The van der Waals surface area contributed by atoms with E-state index in [1.807, 2.05) is 31.2 Å². The molecule has 0 atom stereocenters. The first-order valence-corrected chi connectivity index (χ1v) is 7.79. The first kappa shape index (κ1) is 17.7. The lowest BCUT2D eigenvalue weighted by atomic mass is 9.73. The van der Waals surface area contributed by atoms with Gasteiger partial charge in [0.2, 0.25) is 0 Å². The van der Waals surface area contributed by atoms with Crippen LogP contribution in [0.2, 0.25) is 0 Å². The van der Waals surface area contributed by atoms with Crippen molar-refractivity contribution >= 4 is 17.9 Å². The van der Waals surface area contributed by atoms with Crippen molar-refractivity contribution in [3.05, 3.63) is 58.2 Å². The molecule has 0 radical (unpaired) electrons. The molecule has 0 fully saturated rings. The van der Waals surface area contributed by atoms with E-state index < -0.39 is 0 Å². The molecule has 1 aliphatic carbocycles. The highest BCUT2D eigenvalue weighted by Crippen LogP contribution is 2.40. The molecule has 0 heterocycles. The van der Waals surface area contributed by atoms with Gasteiger partial charge in [0.15, 0.2) is 0 Å². The number of hydrogen-bond donors (Lipinski definition) is 0. The van der Waals surface area contributed by atoms with Crippen LogP contribution in [0.4, 0.5) is 0 Å². The number of rotatable bonds is 5. The van der Waals surface area contributed by atoms with Crippen molar-refractivity contribution in [3.8, 4) is 0 Å². The van der Waals surface area contributed by atoms with E-state index in [-0.39, 0.29) is 5.41 Å². The lowest BCUT2D eigenvalue weighted by Gasteiger charge is -2.32. The van der Waals surface area contributed by atoms with Gasteiger partial charge in [0, 0.05) is 5.03 Å². The second kappa shape index (κ2) is 8.19. The zero-order chi connectivity index (χ0) is 15.9. The van der Waals surface area contributed by atoms with Crippen LogP contribution in [0.25, 0.3) is 0 Å². The minimum absolute atomic E-state index is 0.231. The summed E-state index contributed by atoms with van der Waals surface area (Å²) in [6.45, 7) is 8.67. The van der Waals surface area contributed by atoms with Gasteiger partial charge in [-0.05, 0) is 67.9 Å². The van der Waals surface area contributed by atoms with Gasteiger partial charge in [0.05, 0.1) is 0 Å². The van der Waals surface area contributed by atoms with Crippen LogP contribution in [0.15, 0.2) is 58.2 Å². The second-order valence-corrected chi connectivity index (χ2v) is 6.66. The zero-order valence-corrected chi connectivity index (χ0v) is 14.2. The summed E-state index contributed by atoms with van der Waals surface area (Å²) in [7, 11) is 0. The standard InChI is InChI=1S/C19H25ClO/c1-15(12-14-21)7-5-9-17(20)10-11-18-16(2)8-6-13-19(18,3)4/h5,7,9-12,14H,6,8,13H2,1-4H3/b7-5+,11-10+,15-12+,17-9-. The summed E-state index contributed by atoms with van der Waals surface area (Å²) < 4.78 is 0. The Morgan fingerprint density at radius 3 is 2.57 bits per heavy atom. The van der Waals surface area contributed by atoms with Crippen LogP contribution >= 0.6 is 11.6 Å². The van der Waals surface area contributed by atoms with Crippen LogP contribution in [0, 0.1) is 5.41 Å². The fourth-order valence-corrected chi connectivity index (χ4v) is 2.82. The molecule has 2 heteroatoms. The van der Waals surface area contributed by atoms with Crippen LogP contribution in [0.3, 0.4) is 0 Å². The van der Waals surface area contributed by atoms with Gasteiger partial charge in [-0.15, -0.1) is 0 Å². The normalized spacial score (nSPS) is 20.6. The summed E-state index contributed by atoms with van der Waals surface area (Å²) in [5, 5.41) is 0.687. The molecule has 0 aromatic carbocycles. The van der Waals surface area contributed by atoms with Gasteiger partial charge in [-0.2, -0.15) is 0 Å². The number of aldehydes is 1. The quantitative estimate of drug-likeness (QED) is 0.351. The molecule has 0 aromatic rings. The summed E-state index contributed by atoms with van der Waals surface area (Å²) >= 11 is 6.21. The molecule has 0 unspecified atom stereocenters. The van der Waals surface area contributed by atoms with Crippen molar-refractivity contribution in [1.82, 2.24) is 0 Å². The number of carbonyl (C=O) groups excluding carboxylic acids is 1. The van der Waals surface area contributed by atoms with Crippen molar-refractivity contribution < 1.29 is 4.79 Å². The number of allylic oxidation sites excluding steroid dienone is 10. The van der Waals surface area contributed by atoms with Crippen molar-refractivity contribution in [2.75, 3.05) is 0 Å². The van der Waals surface area contributed by atoms with Crippen LogP contribution < -0.4 is 0 Å². The van der Waals surface area contributed by atoms with E-state index in [1.54, 1.807) is 0 Å². The summed E-state index contributed by atoms with van der Waals surface area (Å²) in [5.41, 5.74) is 4.00. The highest BCUT2D eigenvalue weighted by atomic mass is 35.5. The average Bonchev–Trinajstić information content (AvgIpc) is 2.37. The third-order valence-electron chi connectivity index (χ3n) is 3.90. The first-order valence-electron chi connectivity index (χ1n) is 7.41. The molecular weight excluding hydrogens is 280 g/mol. The number of halogens is 1. The topological polar surface area (TPSA) is 17.1 Å². The second-order valence-electron chi connectivity index (χ2n) is 6.22. The Labute approximate surface area is 133 Å². The monoisotopic (exact) mass is 304 g/mol. The molecule has 0 spiro atoms. The van der Waals surface area contributed by atoms with E-state index in [4.69, 9.17) is 11.6 Å². The lowest BCUT2D eigenvalue weighted by molar-refractivity contribution is -0.104. The first-order chi connectivity index (χ1) is 9.86. The zero-order valence-electron chi connectivity index (χ0n) is 13.4. The molecule has 0 aliphatic heterocycles. The van der Waals surface area contributed by atoms with E-state index in [2.05, 4.69) is 26.8 Å². The summed E-state index contributed by atoms with van der Waals surface area (Å²) in [6.07, 6.45) is 15.6. The van der Waals surface area contributed by atoms with Crippen molar-refractivity contribution in [1.29, 1.82) is 0 Å². The van der Waals surface area contributed by atoms with Gasteiger partial charge < -0.3 is 0 Å². The lowest BCUT2D eigenvalue weighted by Crippen LogP contribution is -2.18. The average molecular weight is 305 g/mol. The van der Waals surface area contributed by atoms with Gasteiger partial charge in [0.1, 0.15) is 6.29 Å². The van der Waals surface area contributed by atoms with Gasteiger partial charge in [-0.25, -0.2) is 0 Å². The molecule has 1 rings (SSSR count). The smallest absolute Gasteiger partial charge is 0.143 e. The van der Waals surface area contributed by atoms with Crippen molar-refractivity contribution in [2.45, 2.75) is 47.0 Å². The van der Waals surface area contributed by atoms with E-state index in [0.29, 0.717) is 5.03 Å². The van der Waals surface area contributed by atoms with E-state index in [0.717, 1.165) is 11.9 Å². The van der Waals surface area contributed by atoms with Crippen LogP contribution in [0.5, 0.6) is 0 Å². The van der Waals surface area contributed by atoms with E-state index >= 15 is 0 Å². The molecule has 0 saturated heterocycles.